The van der Waals surface area contributed by atoms with Crippen LogP contribution < -0.4 is 5.32 Å². The molecule has 0 radical (unpaired) electrons. The van der Waals surface area contributed by atoms with Gasteiger partial charge in [-0.05, 0) is 87.1 Å². The number of thioether (sulfide) groups is 1. The van der Waals surface area contributed by atoms with Crippen LogP contribution >= 0.6 is 11.8 Å². The number of benzene rings is 1. The van der Waals surface area contributed by atoms with Gasteiger partial charge in [-0.2, -0.15) is 13.2 Å². The molecule has 1 saturated heterocycles. The molecule has 1 aromatic heterocycles. The Balaban J connectivity index is 1.04. The predicted molar refractivity (Wildman–Crippen MR) is 137 cm³/mol. The number of hydrogen-bond acceptors (Lipinski definition) is 5. The number of alkyl halides is 3. The van der Waals surface area contributed by atoms with Crippen LogP contribution in [0, 0.1) is 5.41 Å². The van der Waals surface area contributed by atoms with Crippen molar-refractivity contribution in [2.75, 3.05) is 25.4 Å². The Morgan fingerprint density at radius 1 is 1.16 bits per heavy atom. The highest BCUT2D eigenvalue weighted by Crippen LogP contribution is 2.64. The van der Waals surface area contributed by atoms with Crippen molar-refractivity contribution in [1.29, 1.82) is 0 Å². The van der Waals surface area contributed by atoms with Gasteiger partial charge in [0.2, 0.25) is 5.91 Å². The largest absolute Gasteiger partial charge is 0.416 e. The molecule has 10 heteroatoms. The van der Waals surface area contributed by atoms with Crippen LogP contribution in [0.3, 0.4) is 0 Å². The second-order valence-corrected chi connectivity index (χ2v) is 12.2. The van der Waals surface area contributed by atoms with Crippen molar-refractivity contribution in [3.8, 4) is 0 Å². The third kappa shape index (κ3) is 6.00. The molecule has 2 aromatic rings. The predicted octanol–water partition coefficient (Wildman–Crippen LogP) is 5.36. The quantitative estimate of drug-likeness (QED) is 0.364. The van der Waals surface area contributed by atoms with Crippen molar-refractivity contribution in [3.63, 3.8) is 0 Å². The second-order valence-electron chi connectivity index (χ2n) is 11.1. The molecule has 2 saturated carbocycles. The molecule has 1 spiro atoms. The standard InChI is InChI=1S/C27H36F3N5OS/c1-18(36)31-22-10-6-20(7-11-22)24-32-33-25(34(24)2)37-15-3-13-35-14-12-26(17-35)16-23(26)19-4-8-21(9-5-19)27(28,29)30/h4-5,8-9,20,22-23H,3,6-7,10-17H2,1-2H3,(H,31,36)/t20?,22?,23-,26?/m1/s1. The number of carbonyl (C=O) groups is 1. The average molecular weight is 536 g/mol. The second kappa shape index (κ2) is 10.6. The minimum atomic E-state index is -4.28. The summed E-state index contributed by atoms with van der Waals surface area (Å²) < 4.78 is 40.7. The van der Waals surface area contributed by atoms with Crippen molar-refractivity contribution in [2.24, 2.45) is 12.5 Å². The van der Waals surface area contributed by atoms with Gasteiger partial charge in [0.05, 0.1) is 5.56 Å². The summed E-state index contributed by atoms with van der Waals surface area (Å²) in [7, 11) is 2.05. The molecule has 1 unspecified atom stereocenters. The topological polar surface area (TPSA) is 63.1 Å². The zero-order valence-corrected chi connectivity index (χ0v) is 22.4. The van der Waals surface area contributed by atoms with Crippen molar-refractivity contribution < 1.29 is 18.0 Å². The fourth-order valence-corrected chi connectivity index (χ4v) is 7.23. The molecule has 202 valence electrons. The Kier molecular flexibility index (Phi) is 7.60. The van der Waals surface area contributed by atoms with E-state index in [0.717, 1.165) is 86.9 Å². The first-order chi connectivity index (χ1) is 17.6. The molecule has 1 amide bonds. The first-order valence-electron chi connectivity index (χ1n) is 13.3. The van der Waals surface area contributed by atoms with E-state index in [1.54, 1.807) is 30.8 Å². The van der Waals surface area contributed by atoms with Gasteiger partial charge in [0.1, 0.15) is 5.82 Å². The summed E-state index contributed by atoms with van der Waals surface area (Å²) in [6.45, 7) is 4.72. The van der Waals surface area contributed by atoms with Crippen molar-refractivity contribution in [3.05, 3.63) is 41.2 Å². The summed E-state index contributed by atoms with van der Waals surface area (Å²) in [6.07, 6.45) is 3.00. The number of rotatable bonds is 8. The molecule has 37 heavy (non-hydrogen) atoms. The number of halogens is 3. The number of carbonyl (C=O) groups excluding carboxylic acids is 1. The smallest absolute Gasteiger partial charge is 0.354 e. The Labute approximate surface area is 220 Å². The maximum absolute atomic E-state index is 12.9. The summed E-state index contributed by atoms with van der Waals surface area (Å²) in [6, 6.07) is 6.07. The third-order valence-electron chi connectivity index (χ3n) is 8.51. The number of nitrogens with one attached hydrogen (secondary N) is 1. The summed E-state index contributed by atoms with van der Waals surface area (Å²) in [5.41, 5.74) is 0.734. The molecule has 6 nitrogen and oxygen atoms in total. The normalized spacial score (nSPS) is 28.1. The van der Waals surface area contributed by atoms with Crippen LogP contribution in [-0.2, 0) is 18.0 Å². The van der Waals surface area contributed by atoms with Gasteiger partial charge < -0.3 is 14.8 Å². The van der Waals surface area contributed by atoms with Crippen LogP contribution in [0.1, 0.15) is 80.7 Å². The molecule has 3 fully saturated rings. The first kappa shape index (κ1) is 26.5. The highest BCUT2D eigenvalue weighted by Gasteiger charge is 2.57. The number of amides is 1. The molecule has 0 bridgehead atoms. The lowest BCUT2D eigenvalue weighted by atomic mass is 9.85. The molecular weight excluding hydrogens is 499 g/mol. The van der Waals surface area contributed by atoms with Gasteiger partial charge >= 0.3 is 6.18 Å². The molecule has 1 aromatic carbocycles. The van der Waals surface area contributed by atoms with E-state index >= 15 is 0 Å². The van der Waals surface area contributed by atoms with Crippen molar-refractivity contribution in [1.82, 2.24) is 25.0 Å². The third-order valence-corrected chi connectivity index (χ3v) is 9.62. The fourth-order valence-electron chi connectivity index (χ4n) is 6.39. The summed E-state index contributed by atoms with van der Waals surface area (Å²) >= 11 is 1.75. The maximum Gasteiger partial charge on any atom is 0.416 e. The lowest BCUT2D eigenvalue weighted by molar-refractivity contribution is -0.137. The van der Waals surface area contributed by atoms with Crippen molar-refractivity contribution >= 4 is 17.7 Å². The monoisotopic (exact) mass is 535 g/mol. The van der Waals surface area contributed by atoms with Crippen molar-refractivity contribution in [2.45, 2.75) is 81.1 Å². The molecule has 5 rings (SSSR count). The molecule has 2 heterocycles. The van der Waals surface area contributed by atoms with Gasteiger partial charge in [-0.25, -0.2) is 0 Å². The van der Waals surface area contributed by atoms with Gasteiger partial charge in [0.25, 0.3) is 0 Å². The van der Waals surface area contributed by atoms with E-state index in [2.05, 4.69) is 32.0 Å². The summed E-state index contributed by atoms with van der Waals surface area (Å²) in [4.78, 5) is 13.8. The van der Waals surface area contributed by atoms with Crippen LogP contribution in [0.5, 0.6) is 0 Å². The minimum Gasteiger partial charge on any atom is -0.354 e. The first-order valence-corrected chi connectivity index (χ1v) is 14.3. The van der Waals surface area contributed by atoms with E-state index in [4.69, 9.17) is 0 Å². The van der Waals surface area contributed by atoms with Crippen LogP contribution in [0.2, 0.25) is 0 Å². The van der Waals surface area contributed by atoms with E-state index in [1.165, 1.54) is 12.1 Å². The van der Waals surface area contributed by atoms with E-state index < -0.39 is 11.7 Å². The van der Waals surface area contributed by atoms with Crippen LogP contribution in [0.25, 0.3) is 0 Å². The average Bonchev–Trinajstić information content (AvgIpc) is 3.20. The summed E-state index contributed by atoms with van der Waals surface area (Å²) in [5, 5.41) is 12.9. The zero-order chi connectivity index (χ0) is 26.2. The van der Waals surface area contributed by atoms with Crippen LogP contribution in [0.15, 0.2) is 29.4 Å². The van der Waals surface area contributed by atoms with E-state index in [0.29, 0.717) is 11.8 Å². The van der Waals surface area contributed by atoms with Gasteiger partial charge in [0.15, 0.2) is 5.16 Å². The number of aromatic nitrogens is 3. The van der Waals surface area contributed by atoms with E-state index in [1.807, 2.05) is 0 Å². The van der Waals surface area contributed by atoms with Gasteiger partial charge in [0, 0.05) is 38.2 Å². The molecule has 2 atom stereocenters. The Morgan fingerprint density at radius 3 is 2.57 bits per heavy atom. The molecule has 3 aliphatic rings. The number of likely N-dealkylation sites (tertiary alicyclic amines) is 1. The highest BCUT2D eigenvalue weighted by atomic mass is 32.2. The fraction of sp³-hybridized carbons (Fsp3) is 0.667. The lowest BCUT2D eigenvalue weighted by Crippen LogP contribution is -2.36. The van der Waals surface area contributed by atoms with E-state index in [9.17, 15) is 18.0 Å². The number of nitrogens with zero attached hydrogens (tertiary/aromatic N) is 4. The van der Waals surface area contributed by atoms with Crippen LogP contribution in [0.4, 0.5) is 13.2 Å². The van der Waals surface area contributed by atoms with Gasteiger partial charge in [-0.15, -0.1) is 10.2 Å². The molecule has 2 aliphatic carbocycles. The highest BCUT2D eigenvalue weighted by molar-refractivity contribution is 7.99. The van der Waals surface area contributed by atoms with E-state index in [-0.39, 0.29) is 17.4 Å². The van der Waals surface area contributed by atoms with Gasteiger partial charge in [-0.1, -0.05) is 23.9 Å². The summed E-state index contributed by atoms with van der Waals surface area (Å²) in [5.74, 6) is 2.86. The maximum atomic E-state index is 12.9. The van der Waals surface area contributed by atoms with Gasteiger partial charge in [-0.3, -0.25) is 4.79 Å². The Hall–Kier alpha value is -2.07. The molecule has 1 N–H and O–H groups in total. The SMILES string of the molecule is CC(=O)NC1CCC(c2nnc(SCCCN3CCC4(C[C@@H]4c4ccc(C(F)(F)F)cc4)C3)n2C)CC1. The molecular formula is C27H36F3N5OS. The Morgan fingerprint density at radius 2 is 1.89 bits per heavy atom. The molecule has 1 aliphatic heterocycles. The number of hydrogen-bond donors (Lipinski definition) is 1. The zero-order valence-electron chi connectivity index (χ0n) is 21.6. The van der Waals surface area contributed by atoms with Crippen LogP contribution in [-0.4, -0.2) is 57.0 Å². The Bertz CT molecular complexity index is 1100. The lowest BCUT2D eigenvalue weighted by Gasteiger charge is -2.28. The minimum absolute atomic E-state index is 0.0426.